The molecule has 0 spiro atoms. The second-order valence-electron chi connectivity index (χ2n) is 15.8. The van der Waals surface area contributed by atoms with Crippen molar-refractivity contribution in [2.24, 2.45) is 0 Å². The highest BCUT2D eigenvalue weighted by molar-refractivity contribution is 6.25. The van der Waals surface area contributed by atoms with Crippen LogP contribution in [0, 0.1) is 11.3 Å². The van der Waals surface area contributed by atoms with Gasteiger partial charge in [-0.2, -0.15) is 5.26 Å². The summed E-state index contributed by atoms with van der Waals surface area (Å²) in [4.78, 5) is 14.8. The van der Waals surface area contributed by atoms with Crippen molar-refractivity contribution in [1.29, 1.82) is 5.26 Å². The van der Waals surface area contributed by atoms with Crippen molar-refractivity contribution >= 4 is 32.3 Å². The fraction of sp³-hybridized carbons (Fsp3) is 0. The van der Waals surface area contributed by atoms with Crippen LogP contribution >= 0.6 is 0 Å². The van der Waals surface area contributed by atoms with Crippen molar-refractivity contribution in [2.45, 2.75) is 0 Å². The Morgan fingerprint density at radius 3 is 1.16 bits per heavy atom. The van der Waals surface area contributed by atoms with Gasteiger partial charge >= 0.3 is 0 Å². The Bertz CT molecular complexity index is 3540. The maximum Gasteiger partial charge on any atom is 0.164 e. The van der Waals surface area contributed by atoms with E-state index in [2.05, 4.69) is 140 Å². The summed E-state index contributed by atoms with van der Waals surface area (Å²) in [6.07, 6.45) is 0. The molecule has 1 aliphatic carbocycles. The average Bonchev–Trinajstić information content (AvgIpc) is 3.68. The van der Waals surface area contributed by atoms with Crippen LogP contribution in [0.4, 0.5) is 0 Å². The number of fused-ring (bicyclic) bond motifs is 5. The molecule has 4 heteroatoms. The summed E-state index contributed by atoms with van der Waals surface area (Å²) in [7, 11) is 0. The number of rotatable bonds is 6. The summed E-state index contributed by atoms with van der Waals surface area (Å²) >= 11 is 0. The first-order valence-electron chi connectivity index (χ1n) is 20.8. The van der Waals surface area contributed by atoms with Gasteiger partial charge in [-0.05, 0) is 88.6 Å². The van der Waals surface area contributed by atoms with Gasteiger partial charge in [-0.25, -0.2) is 15.0 Å². The Kier molecular flexibility index (Phi) is 8.19. The Balaban J connectivity index is 1.02. The number of benzene rings is 10. The first-order chi connectivity index (χ1) is 30.7. The van der Waals surface area contributed by atoms with Crippen LogP contribution in [0.1, 0.15) is 5.56 Å². The van der Waals surface area contributed by atoms with Crippen LogP contribution in [0.15, 0.2) is 206 Å². The number of hydrogen-bond acceptors (Lipinski definition) is 4. The van der Waals surface area contributed by atoms with Gasteiger partial charge in [-0.3, -0.25) is 0 Å². The first-order valence-corrected chi connectivity index (χ1v) is 20.8. The highest BCUT2D eigenvalue weighted by Crippen LogP contribution is 2.53. The quantitative estimate of drug-likeness (QED) is 0.168. The van der Waals surface area contributed by atoms with Crippen LogP contribution in [0.3, 0.4) is 0 Å². The first kappa shape index (κ1) is 35.4. The topological polar surface area (TPSA) is 62.5 Å². The second-order valence-corrected chi connectivity index (χ2v) is 15.8. The molecule has 4 nitrogen and oxygen atoms in total. The molecule has 1 aliphatic rings. The van der Waals surface area contributed by atoms with Crippen LogP contribution in [-0.2, 0) is 0 Å². The van der Waals surface area contributed by atoms with E-state index in [4.69, 9.17) is 15.0 Å². The maximum atomic E-state index is 10.1. The SMILES string of the molecule is N#Cc1ccc(-c2ccc3c4c(ccc(-c5cccc6c(-c7ccc(-c8nc(-c9ccccc9)nc(-c9ccccc9)n8)cc7)cccc56)c24)-c2ccccc2-3)c2ccccc12. The molecule has 0 atom stereocenters. The van der Waals surface area contributed by atoms with E-state index in [1.165, 1.54) is 54.9 Å². The summed E-state index contributed by atoms with van der Waals surface area (Å²) in [5.74, 6) is 1.91. The molecule has 0 amide bonds. The molecule has 0 N–H and O–H groups in total. The fourth-order valence-electron chi connectivity index (χ4n) is 9.51. The third-order valence-electron chi connectivity index (χ3n) is 12.4. The summed E-state index contributed by atoms with van der Waals surface area (Å²) in [5.41, 5.74) is 15.4. The van der Waals surface area contributed by atoms with Crippen LogP contribution in [0.2, 0.25) is 0 Å². The van der Waals surface area contributed by atoms with Crippen molar-refractivity contribution in [3.05, 3.63) is 212 Å². The standard InChI is InChI=1S/C58H34N4/c59-35-40-29-30-49(43-18-8-7-17-42(40)43)53-34-33-51-47-20-10-9-19-46(47)50-31-32-52(55(53)54(50)51)48-24-12-22-44-41(21-11-23-45(44)48)36-25-27-39(28-26-36)58-61-56(37-13-3-1-4-14-37)60-57(62-58)38-15-5-2-6-16-38/h1-34H. The lowest BCUT2D eigenvalue weighted by atomic mass is 9.85. The van der Waals surface area contributed by atoms with Crippen LogP contribution < -0.4 is 0 Å². The van der Waals surface area contributed by atoms with Crippen molar-refractivity contribution in [3.63, 3.8) is 0 Å². The molecule has 0 saturated heterocycles. The van der Waals surface area contributed by atoms with E-state index in [1.54, 1.807) is 0 Å². The molecule has 0 radical (unpaired) electrons. The zero-order chi connectivity index (χ0) is 41.1. The molecular formula is C58H34N4. The molecule has 0 bridgehead atoms. The van der Waals surface area contributed by atoms with E-state index in [9.17, 15) is 5.26 Å². The molecule has 62 heavy (non-hydrogen) atoms. The molecule has 0 saturated carbocycles. The van der Waals surface area contributed by atoms with Crippen LogP contribution in [0.25, 0.3) is 122 Å². The molecule has 0 aliphatic heterocycles. The molecule has 11 aromatic rings. The van der Waals surface area contributed by atoms with E-state index in [-0.39, 0.29) is 0 Å². The Hall–Kier alpha value is -8.52. The van der Waals surface area contributed by atoms with E-state index in [0.717, 1.165) is 49.7 Å². The molecule has 286 valence electrons. The number of aromatic nitrogens is 3. The van der Waals surface area contributed by atoms with E-state index >= 15 is 0 Å². The van der Waals surface area contributed by atoms with Crippen molar-refractivity contribution in [2.75, 3.05) is 0 Å². The smallest absolute Gasteiger partial charge is 0.164 e. The minimum absolute atomic E-state index is 0.629. The van der Waals surface area contributed by atoms with Crippen molar-refractivity contribution in [3.8, 4) is 95.9 Å². The zero-order valence-corrected chi connectivity index (χ0v) is 33.4. The fourth-order valence-corrected chi connectivity index (χ4v) is 9.51. The van der Waals surface area contributed by atoms with E-state index < -0.39 is 0 Å². The number of nitriles is 1. The minimum atomic E-state index is 0.629. The third-order valence-corrected chi connectivity index (χ3v) is 12.4. The monoisotopic (exact) mass is 786 g/mol. The lowest BCUT2D eigenvalue weighted by molar-refractivity contribution is 1.07. The number of nitrogens with zero attached hydrogens (tertiary/aromatic N) is 4. The summed E-state index contributed by atoms with van der Waals surface area (Å²) in [5, 5.41) is 16.9. The van der Waals surface area contributed by atoms with Gasteiger partial charge in [-0.1, -0.05) is 200 Å². The lowest BCUT2D eigenvalue weighted by Gasteiger charge is -2.18. The predicted octanol–water partition coefficient (Wildman–Crippen LogP) is 14.9. The minimum Gasteiger partial charge on any atom is -0.208 e. The zero-order valence-electron chi connectivity index (χ0n) is 33.4. The van der Waals surface area contributed by atoms with Gasteiger partial charge in [0, 0.05) is 22.1 Å². The predicted molar refractivity (Wildman–Crippen MR) is 254 cm³/mol. The second kappa shape index (κ2) is 14.3. The van der Waals surface area contributed by atoms with Crippen molar-refractivity contribution < 1.29 is 0 Å². The van der Waals surface area contributed by atoms with Gasteiger partial charge in [0.05, 0.1) is 11.6 Å². The molecular weight excluding hydrogens is 753 g/mol. The Morgan fingerprint density at radius 1 is 0.258 bits per heavy atom. The summed E-state index contributed by atoms with van der Waals surface area (Å²) in [6.45, 7) is 0. The molecule has 0 unspecified atom stereocenters. The van der Waals surface area contributed by atoms with E-state index in [1.807, 2.05) is 72.8 Å². The summed E-state index contributed by atoms with van der Waals surface area (Å²) < 4.78 is 0. The summed E-state index contributed by atoms with van der Waals surface area (Å²) in [6, 6.07) is 74.8. The number of hydrogen-bond donors (Lipinski definition) is 0. The van der Waals surface area contributed by atoms with Crippen LogP contribution in [-0.4, -0.2) is 15.0 Å². The molecule has 1 heterocycles. The molecule has 1 aromatic heterocycles. The van der Waals surface area contributed by atoms with Crippen LogP contribution in [0.5, 0.6) is 0 Å². The van der Waals surface area contributed by atoms with Gasteiger partial charge in [0.2, 0.25) is 0 Å². The Labute approximate surface area is 358 Å². The van der Waals surface area contributed by atoms with Gasteiger partial charge < -0.3 is 0 Å². The largest absolute Gasteiger partial charge is 0.208 e. The average molecular weight is 787 g/mol. The van der Waals surface area contributed by atoms with Gasteiger partial charge in [0.25, 0.3) is 0 Å². The third kappa shape index (κ3) is 5.64. The van der Waals surface area contributed by atoms with Gasteiger partial charge in [0.15, 0.2) is 17.5 Å². The molecule has 10 aromatic carbocycles. The van der Waals surface area contributed by atoms with E-state index in [0.29, 0.717) is 23.0 Å². The maximum absolute atomic E-state index is 10.1. The normalized spacial score (nSPS) is 11.5. The van der Waals surface area contributed by atoms with Crippen molar-refractivity contribution in [1.82, 2.24) is 15.0 Å². The molecule has 12 rings (SSSR count). The van der Waals surface area contributed by atoms with Gasteiger partial charge in [-0.15, -0.1) is 0 Å². The van der Waals surface area contributed by atoms with Gasteiger partial charge in [0.1, 0.15) is 0 Å². The Morgan fingerprint density at radius 2 is 0.613 bits per heavy atom. The molecule has 0 fully saturated rings. The highest BCUT2D eigenvalue weighted by atomic mass is 15.0. The lowest BCUT2D eigenvalue weighted by Crippen LogP contribution is -2.00. The highest BCUT2D eigenvalue weighted by Gasteiger charge is 2.26.